The van der Waals surface area contributed by atoms with Crippen molar-refractivity contribution in [1.29, 1.82) is 0 Å². The Morgan fingerprint density at radius 2 is 2.00 bits per heavy atom. The first-order valence-corrected chi connectivity index (χ1v) is 9.36. The Morgan fingerprint density at radius 1 is 1.25 bits per heavy atom. The number of alkyl halides is 3. The number of halogens is 3. The molecular formula is C17H17F3N4O3S. The largest absolute Gasteiger partial charge is 0.440 e. The molecule has 7 nitrogen and oxygen atoms in total. The SMILES string of the molecule is O=C(Nc1nc(-c2ccccn2)cs1)C1CCN(C(=O)OCC(F)(F)F)CC1. The van der Waals surface area contributed by atoms with Crippen molar-refractivity contribution >= 4 is 28.5 Å². The van der Waals surface area contributed by atoms with Gasteiger partial charge in [0.2, 0.25) is 5.91 Å². The highest BCUT2D eigenvalue weighted by Gasteiger charge is 2.33. The fourth-order valence-corrected chi connectivity index (χ4v) is 3.44. The maximum absolute atomic E-state index is 12.4. The summed E-state index contributed by atoms with van der Waals surface area (Å²) in [6.07, 6.45) is -3.25. The topological polar surface area (TPSA) is 84.4 Å². The van der Waals surface area contributed by atoms with Crippen molar-refractivity contribution in [2.75, 3.05) is 25.0 Å². The van der Waals surface area contributed by atoms with Crippen LogP contribution in [-0.4, -0.2) is 52.7 Å². The fraction of sp³-hybridized carbons (Fsp3) is 0.412. The first kappa shape index (κ1) is 20.1. The lowest BCUT2D eigenvalue weighted by molar-refractivity contribution is -0.162. The Balaban J connectivity index is 1.48. The van der Waals surface area contributed by atoms with Crippen LogP contribution in [0.3, 0.4) is 0 Å². The summed E-state index contributed by atoms with van der Waals surface area (Å²) in [5.41, 5.74) is 1.35. The van der Waals surface area contributed by atoms with Crippen molar-refractivity contribution in [3.8, 4) is 11.4 Å². The number of nitrogens with zero attached hydrogens (tertiary/aromatic N) is 3. The maximum Gasteiger partial charge on any atom is 0.422 e. The molecule has 1 aliphatic heterocycles. The van der Waals surface area contributed by atoms with Crippen LogP contribution in [0.1, 0.15) is 12.8 Å². The number of piperidine rings is 1. The monoisotopic (exact) mass is 414 g/mol. The minimum absolute atomic E-state index is 0.159. The van der Waals surface area contributed by atoms with Crippen molar-refractivity contribution in [2.45, 2.75) is 19.0 Å². The Hall–Kier alpha value is -2.69. The second-order valence-electron chi connectivity index (χ2n) is 6.17. The van der Waals surface area contributed by atoms with Crippen LogP contribution in [0.4, 0.5) is 23.1 Å². The Morgan fingerprint density at radius 3 is 2.64 bits per heavy atom. The fourth-order valence-electron chi connectivity index (χ4n) is 2.73. The molecule has 1 N–H and O–H groups in total. The zero-order valence-corrected chi connectivity index (χ0v) is 15.4. The van der Waals surface area contributed by atoms with E-state index in [1.807, 2.05) is 12.1 Å². The highest BCUT2D eigenvalue weighted by atomic mass is 32.1. The highest BCUT2D eigenvalue weighted by Crippen LogP contribution is 2.25. The summed E-state index contributed by atoms with van der Waals surface area (Å²) in [6.45, 7) is -1.30. The molecule has 150 valence electrons. The van der Waals surface area contributed by atoms with Gasteiger partial charge < -0.3 is 15.0 Å². The predicted molar refractivity (Wildman–Crippen MR) is 95.7 cm³/mol. The van der Waals surface area contributed by atoms with Gasteiger partial charge in [0.05, 0.1) is 5.69 Å². The molecule has 1 saturated heterocycles. The number of hydrogen-bond acceptors (Lipinski definition) is 6. The number of carbonyl (C=O) groups is 2. The van der Waals surface area contributed by atoms with Crippen LogP contribution < -0.4 is 5.32 Å². The maximum atomic E-state index is 12.4. The minimum atomic E-state index is -4.56. The van der Waals surface area contributed by atoms with E-state index < -0.39 is 18.9 Å². The summed E-state index contributed by atoms with van der Waals surface area (Å²) in [7, 11) is 0. The second-order valence-corrected chi connectivity index (χ2v) is 7.03. The van der Waals surface area contributed by atoms with E-state index in [0.29, 0.717) is 29.4 Å². The number of amides is 2. The van der Waals surface area contributed by atoms with Crippen molar-refractivity contribution in [2.24, 2.45) is 5.92 Å². The summed E-state index contributed by atoms with van der Waals surface area (Å²) in [4.78, 5) is 33.8. The van der Waals surface area contributed by atoms with Gasteiger partial charge in [0.1, 0.15) is 5.69 Å². The minimum Gasteiger partial charge on any atom is -0.440 e. The average molecular weight is 414 g/mol. The molecule has 0 unspecified atom stereocenters. The molecule has 3 heterocycles. The van der Waals surface area contributed by atoms with Gasteiger partial charge in [0, 0.05) is 30.6 Å². The quantitative estimate of drug-likeness (QED) is 0.827. The van der Waals surface area contributed by atoms with Crippen molar-refractivity contribution in [1.82, 2.24) is 14.9 Å². The number of thiazole rings is 1. The lowest BCUT2D eigenvalue weighted by Gasteiger charge is -2.30. The smallest absolute Gasteiger partial charge is 0.422 e. The van der Waals surface area contributed by atoms with Crippen LogP contribution in [0.25, 0.3) is 11.4 Å². The molecule has 1 aliphatic rings. The summed E-state index contributed by atoms with van der Waals surface area (Å²) in [6, 6.07) is 5.45. The van der Waals surface area contributed by atoms with Crippen LogP contribution in [0, 0.1) is 5.92 Å². The zero-order valence-electron chi connectivity index (χ0n) is 14.6. The van der Waals surface area contributed by atoms with Crippen LogP contribution in [0.15, 0.2) is 29.8 Å². The number of pyridine rings is 1. The third-order valence-corrected chi connectivity index (χ3v) is 4.90. The number of likely N-dealkylation sites (tertiary alicyclic amines) is 1. The van der Waals surface area contributed by atoms with E-state index in [1.165, 1.54) is 16.2 Å². The number of carbonyl (C=O) groups excluding carboxylic acids is 2. The van der Waals surface area contributed by atoms with Gasteiger partial charge in [-0.2, -0.15) is 13.2 Å². The van der Waals surface area contributed by atoms with Gasteiger partial charge in [-0.3, -0.25) is 9.78 Å². The molecule has 0 bridgehead atoms. The van der Waals surface area contributed by atoms with Crippen LogP contribution in [0.2, 0.25) is 0 Å². The molecule has 11 heteroatoms. The lowest BCUT2D eigenvalue weighted by atomic mass is 9.96. The molecule has 2 aromatic heterocycles. The molecule has 28 heavy (non-hydrogen) atoms. The van der Waals surface area contributed by atoms with E-state index in [9.17, 15) is 22.8 Å². The highest BCUT2D eigenvalue weighted by molar-refractivity contribution is 7.14. The molecule has 0 aromatic carbocycles. The van der Waals surface area contributed by atoms with Gasteiger partial charge in [-0.05, 0) is 25.0 Å². The third kappa shape index (κ3) is 5.41. The van der Waals surface area contributed by atoms with E-state index in [-0.39, 0.29) is 24.9 Å². The number of aromatic nitrogens is 2. The van der Waals surface area contributed by atoms with Crippen LogP contribution >= 0.6 is 11.3 Å². The third-order valence-electron chi connectivity index (χ3n) is 4.14. The van der Waals surface area contributed by atoms with Gasteiger partial charge >= 0.3 is 12.3 Å². The van der Waals surface area contributed by atoms with E-state index in [2.05, 4.69) is 20.0 Å². The number of rotatable bonds is 4. The van der Waals surface area contributed by atoms with Crippen LogP contribution in [0.5, 0.6) is 0 Å². The molecule has 0 aliphatic carbocycles. The van der Waals surface area contributed by atoms with Crippen molar-refractivity contribution in [3.05, 3.63) is 29.8 Å². The van der Waals surface area contributed by atoms with Crippen molar-refractivity contribution < 1.29 is 27.5 Å². The summed E-state index contributed by atoms with van der Waals surface area (Å²) < 4.78 is 40.6. The average Bonchev–Trinajstić information content (AvgIpc) is 3.15. The molecule has 3 rings (SSSR count). The molecule has 0 radical (unpaired) electrons. The van der Waals surface area contributed by atoms with Gasteiger partial charge in [-0.15, -0.1) is 11.3 Å². The Kier molecular flexibility index (Phi) is 6.12. The summed E-state index contributed by atoms with van der Waals surface area (Å²) in [5, 5.41) is 4.98. The van der Waals surface area contributed by atoms with Gasteiger partial charge in [0.25, 0.3) is 0 Å². The Bertz CT molecular complexity index is 821. The number of ether oxygens (including phenoxy) is 1. The molecule has 0 atom stereocenters. The van der Waals surface area contributed by atoms with Crippen LogP contribution in [-0.2, 0) is 9.53 Å². The van der Waals surface area contributed by atoms with Gasteiger partial charge in [0.15, 0.2) is 11.7 Å². The van der Waals surface area contributed by atoms with E-state index in [0.717, 1.165) is 0 Å². The van der Waals surface area contributed by atoms with Gasteiger partial charge in [-0.25, -0.2) is 9.78 Å². The van der Waals surface area contributed by atoms with E-state index in [1.54, 1.807) is 17.6 Å². The van der Waals surface area contributed by atoms with E-state index in [4.69, 9.17) is 0 Å². The molecule has 2 amide bonds. The summed E-state index contributed by atoms with van der Waals surface area (Å²) >= 11 is 1.28. The van der Waals surface area contributed by atoms with E-state index >= 15 is 0 Å². The molecule has 2 aromatic rings. The molecular weight excluding hydrogens is 397 g/mol. The lowest BCUT2D eigenvalue weighted by Crippen LogP contribution is -2.42. The molecule has 1 fully saturated rings. The van der Waals surface area contributed by atoms with Gasteiger partial charge in [-0.1, -0.05) is 6.07 Å². The van der Waals surface area contributed by atoms with Crippen molar-refractivity contribution in [3.63, 3.8) is 0 Å². The standard InChI is InChI=1S/C17H17F3N4O3S/c18-17(19,20)10-27-16(26)24-7-4-11(5-8-24)14(25)23-15-22-13(9-28-15)12-3-1-2-6-21-12/h1-3,6,9,11H,4-5,7-8,10H2,(H,22,23,25). The number of hydrogen-bond donors (Lipinski definition) is 1. The summed E-state index contributed by atoms with van der Waals surface area (Å²) in [5.74, 6) is -0.584. The Labute approximate surface area is 162 Å². The zero-order chi connectivity index (χ0) is 20.1. The first-order valence-electron chi connectivity index (χ1n) is 8.48. The number of anilines is 1. The first-order chi connectivity index (χ1) is 13.3. The number of nitrogens with one attached hydrogen (secondary N) is 1. The molecule has 0 saturated carbocycles. The predicted octanol–water partition coefficient (Wildman–Crippen LogP) is 3.55. The second kappa shape index (κ2) is 8.55. The molecule has 0 spiro atoms. The normalized spacial score (nSPS) is 15.3.